The van der Waals surface area contributed by atoms with Gasteiger partial charge in [-0.2, -0.15) is 0 Å². The van der Waals surface area contributed by atoms with E-state index >= 15 is 0 Å². The topological polar surface area (TPSA) is 34.9 Å². The smallest absolute Gasteiger partial charge is 0.253 e. The van der Waals surface area contributed by atoms with Crippen LogP contribution in [0.3, 0.4) is 0 Å². The molecule has 1 aromatic rings. The van der Waals surface area contributed by atoms with Gasteiger partial charge in [-0.3, -0.25) is 9.36 Å². The van der Waals surface area contributed by atoms with Crippen molar-refractivity contribution < 1.29 is 0 Å². The van der Waals surface area contributed by atoms with E-state index in [0.29, 0.717) is 0 Å². The van der Waals surface area contributed by atoms with Crippen molar-refractivity contribution in [2.45, 2.75) is 13.0 Å². The summed E-state index contributed by atoms with van der Waals surface area (Å²) >= 11 is 0. The van der Waals surface area contributed by atoms with Crippen LogP contribution in [0.5, 0.6) is 0 Å². The van der Waals surface area contributed by atoms with Gasteiger partial charge < -0.3 is 0 Å². The molecule has 1 aliphatic heterocycles. The number of aryl methyl sites for hydroxylation is 1. The Labute approximate surface area is 52.0 Å². The number of aromatic nitrogens is 2. The molecule has 2 rings (SSSR count). The zero-order valence-electron chi connectivity index (χ0n) is 4.87. The highest BCUT2D eigenvalue weighted by Crippen LogP contribution is 2.04. The monoisotopic (exact) mass is 122 g/mol. The molecule has 0 saturated heterocycles. The average Bonchev–Trinajstić information content (AvgIpc) is 1.74. The summed E-state index contributed by atoms with van der Waals surface area (Å²) in [6.07, 6.45) is 2.52. The average molecular weight is 122 g/mol. The number of hydrogen-bond donors (Lipinski definition) is 0. The maximum atomic E-state index is 10.8. The lowest BCUT2D eigenvalue weighted by Crippen LogP contribution is -2.32. The van der Waals surface area contributed by atoms with Crippen molar-refractivity contribution in [3.63, 3.8) is 0 Å². The molecule has 0 spiro atoms. The summed E-state index contributed by atoms with van der Waals surface area (Å²) in [4.78, 5) is 14.8. The summed E-state index contributed by atoms with van der Waals surface area (Å²) in [5.74, 6) is 0.919. The molecule has 2 heterocycles. The second-order valence-electron chi connectivity index (χ2n) is 2.10. The SMILES string of the molecule is O=c1ccnc2n1CC2. The Hall–Kier alpha value is -1.12. The van der Waals surface area contributed by atoms with Gasteiger partial charge in [-0.1, -0.05) is 0 Å². The zero-order valence-corrected chi connectivity index (χ0v) is 4.87. The Morgan fingerprint density at radius 3 is 3.00 bits per heavy atom. The van der Waals surface area contributed by atoms with Crippen molar-refractivity contribution in [2.24, 2.45) is 0 Å². The van der Waals surface area contributed by atoms with Gasteiger partial charge in [-0.15, -0.1) is 0 Å². The molecule has 0 bridgehead atoms. The highest BCUT2D eigenvalue weighted by atomic mass is 16.1. The molecule has 0 saturated carbocycles. The van der Waals surface area contributed by atoms with Crippen molar-refractivity contribution in [3.05, 3.63) is 28.4 Å². The van der Waals surface area contributed by atoms with E-state index in [0.717, 1.165) is 18.8 Å². The normalized spacial score (nSPS) is 14.2. The minimum Gasteiger partial charge on any atom is -0.296 e. The first-order valence-corrected chi connectivity index (χ1v) is 2.92. The Bertz CT molecular complexity index is 289. The van der Waals surface area contributed by atoms with Gasteiger partial charge in [0.25, 0.3) is 5.56 Å². The Kier molecular flexibility index (Phi) is 0.754. The van der Waals surface area contributed by atoms with E-state index in [1.165, 1.54) is 6.07 Å². The van der Waals surface area contributed by atoms with E-state index in [9.17, 15) is 4.79 Å². The lowest BCUT2D eigenvalue weighted by Gasteiger charge is -2.18. The van der Waals surface area contributed by atoms with Gasteiger partial charge in [-0.05, 0) is 0 Å². The fourth-order valence-corrected chi connectivity index (χ4v) is 0.972. The minimum atomic E-state index is 0.0752. The van der Waals surface area contributed by atoms with Gasteiger partial charge >= 0.3 is 0 Å². The highest BCUT2D eigenvalue weighted by Gasteiger charge is 2.12. The molecule has 0 amide bonds. The molecular formula is C6H6N2O. The largest absolute Gasteiger partial charge is 0.296 e. The molecule has 1 aromatic heterocycles. The number of nitrogens with zero attached hydrogens (tertiary/aromatic N) is 2. The van der Waals surface area contributed by atoms with E-state index in [-0.39, 0.29) is 5.56 Å². The molecule has 0 aromatic carbocycles. The second kappa shape index (κ2) is 1.43. The first-order valence-electron chi connectivity index (χ1n) is 2.92. The van der Waals surface area contributed by atoms with Crippen LogP contribution in [-0.4, -0.2) is 9.55 Å². The third-order valence-corrected chi connectivity index (χ3v) is 1.58. The van der Waals surface area contributed by atoms with Gasteiger partial charge in [0.05, 0.1) is 0 Å². The van der Waals surface area contributed by atoms with Crippen LogP contribution in [0.25, 0.3) is 0 Å². The highest BCUT2D eigenvalue weighted by molar-refractivity contribution is 5.00. The standard InChI is InChI=1S/C6H6N2O/c9-6-1-3-7-5-2-4-8(5)6/h1,3H,2,4H2. The van der Waals surface area contributed by atoms with E-state index in [4.69, 9.17) is 0 Å². The quantitative estimate of drug-likeness (QED) is 0.477. The van der Waals surface area contributed by atoms with E-state index in [1.807, 2.05) is 0 Å². The fourth-order valence-electron chi connectivity index (χ4n) is 0.972. The molecule has 0 radical (unpaired) electrons. The minimum absolute atomic E-state index is 0.0752. The predicted molar refractivity (Wildman–Crippen MR) is 32.2 cm³/mol. The lowest BCUT2D eigenvalue weighted by atomic mass is 10.2. The Morgan fingerprint density at radius 1 is 1.67 bits per heavy atom. The van der Waals surface area contributed by atoms with Crippen LogP contribution in [0.1, 0.15) is 5.82 Å². The summed E-state index contributed by atoms with van der Waals surface area (Å²) < 4.78 is 1.68. The summed E-state index contributed by atoms with van der Waals surface area (Å²) in [6, 6.07) is 1.49. The van der Waals surface area contributed by atoms with Gasteiger partial charge in [0.2, 0.25) is 0 Å². The molecule has 0 atom stereocenters. The fraction of sp³-hybridized carbons (Fsp3) is 0.333. The van der Waals surface area contributed by atoms with Crippen molar-refractivity contribution in [3.8, 4) is 0 Å². The van der Waals surface area contributed by atoms with Crippen molar-refractivity contribution in [2.75, 3.05) is 0 Å². The van der Waals surface area contributed by atoms with E-state index < -0.39 is 0 Å². The summed E-state index contributed by atoms with van der Waals surface area (Å²) in [5.41, 5.74) is 0.0752. The first-order chi connectivity index (χ1) is 4.38. The van der Waals surface area contributed by atoms with Gasteiger partial charge in [0.15, 0.2) is 0 Å². The molecule has 3 heteroatoms. The summed E-state index contributed by atoms with van der Waals surface area (Å²) in [5, 5.41) is 0. The molecule has 0 N–H and O–H groups in total. The molecule has 0 unspecified atom stereocenters. The first kappa shape index (κ1) is 4.73. The maximum absolute atomic E-state index is 10.8. The molecule has 0 fully saturated rings. The number of hydrogen-bond acceptors (Lipinski definition) is 2. The predicted octanol–water partition coefficient (Wildman–Crippen LogP) is -0.201. The molecule has 1 aliphatic rings. The molecule has 9 heavy (non-hydrogen) atoms. The zero-order chi connectivity index (χ0) is 6.27. The van der Waals surface area contributed by atoms with Crippen LogP contribution in [0, 0.1) is 0 Å². The van der Waals surface area contributed by atoms with Gasteiger partial charge in [0.1, 0.15) is 5.82 Å². The van der Waals surface area contributed by atoms with Crippen molar-refractivity contribution in [1.82, 2.24) is 9.55 Å². The van der Waals surface area contributed by atoms with Gasteiger partial charge in [-0.25, -0.2) is 4.98 Å². The van der Waals surface area contributed by atoms with Gasteiger partial charge in [0, 0.05) is 25.2 Å². The Morgan fingerprint density at radius 2 is 2.56 bits per heavy atom. The summed E-state index contributed by atoms with van der Waals surface area (Å²) in [7, 11) is 0. The van der Waals surface area contributed by atoms with Crippen LogP contribution in [0.15, 0.2) is 17.1 Å². The third kappa shape index (κ3) is 0.512. The summed E-state index contributed by atoms with van der Waals surface area (Å²) in [6.45, 7) is 0.849. The van der Waals surface area contributed by atoms with Crippen molar-refractivity contribution >= 4 is 0 Å². The number of rotatable bonds is 0. The Balaban J connectivity index is 2.78. The van der Waals surface area contributed by atoms with E-state index in [2.05, 4.69) is 4.98 Å². The third-order valence-electron chi connectivity index (χ3n) is 1.58. The second-order valence-corrected chi connectivity index (χ2v) is 2.10. The van der Waals surface area contributed by atoms with Crippen LogP contribution >= 0.6 is 0 Å². The molecule has 3 nitrogen and oxygen atoms in total. The number of fused-ring (bicyclic) bond motifs is 1. The molecule has 0 aliphatic carbocycles. The van der Waals surface area contributed by atoms with Crippen LogP contribution in [0.2, 0.25) is 0 Å². The van der Waals surface area contributed by atoms with Crippen molar-refractivity contribution in [1.29, 1.82) is 0 Å². The molecular weight excluding hydrogens is 116 g/mol. The van der Waals surface area contributed by atoms with E-state index in [1.54, 1.807) is 10.8 Å². The molecule has 46 valence electrons. The van der Waals surface area contributed by atoms with Crippen LogP contribution in [0.4, 0.5) is 0 Å². The van der Waals surface area contributed by atoms with Crippen LogP contribution in [-0.2, 0) is 13.0 Å². The van der Waals surface area contributed by atoms with Crippen LogP contribution < -0.4 is 5.56 Å². The maximum Gasteiger partial charge on any atom is 0.253 e. The lowest BCUT2D eigenvalue weighted by molar-refractivity contribution is 0.499.